The molecule has 0 bridgehead atoms. The molecule has 1 N–H and O–H groups in total. The topological polar surface area (TPSA) is 125 Å². The summed E-state index contributed by atoms with van der Waals surface area (Å²) in [6.07, 6.45) is 5.31. The summed E-state index contributed by atoms with van der Waals surface area (Å²) < 4.78 is 75.7. The molecule has 0 radical (unpaired) electrons. The van der Waals surface area contributed by atoms with Crippen molar-refractivity contribution >= 4 is 31.2 Å². The molecule has 186 valence electrons. The lowest BCUT2D eigenvalue weighted by molar-refractivity contribution is 0.401. The molecule has 3 heterocycles. The largest absolute Gasteiger partial charge is 0.495 e. The first-order chi connectivity index (χ1) is 16.2. The van der Waals surface area contributed by atoms with E-state index in [4.69, 9.17) is 4.74 Å². The summed E-state index contributed by atoms with van der Waals surface area (Å²) in [5, 5.41) is 3.85. The molecule has 0 aliphatic heterocycles. The summed E-state index contributed by atoms with van der Waals surface area (Å²) in [6.45, 7) is 4.73. The highest BCUT2D eigenvalue weighted by atomic mass is 32.2. The Morgan fingerprint density at radius 2 is 1.74 bits per heavy atom. The Morgan fingerprint density at radius 1 is 1.03 bits per heavy atom. The molecule has 13 heteroatoms. The van der Waals surface area contributed by atoms with Crippen molar-refractivity contribution in [2.75, 3.05) is 11.8 Å². The van der Waals surface area contributed by atoms with E-state index in [1.807, 2.05) is 0 Å². The van der Waals surface area contributed by atoms with Crippen LogP contribution in [0, 0.1) is 5.82 Å². The van der Waals surface area contributed by atoms with Crippen LogP contribution in [0.25, 0.3) is 16.9 Å². The maximum Gasteiger partial charge on any atom is 0.265 e. The summed E-state index contributed by atoms with van der Waals surface area (Å²) in [4.78, 5) is 4.16. The van der Waals surface area contributed by atoms with Gasteiger partial charge in [-0.05, 0) is 39.0 Å². The summed E-state index contributed by atoms with van der Waals surface area (Å²) in [6, 6.07) is 5.16. The molecular weight excluding hydrogens is 497 g/mol. The second kappa shape index (κ2) is 8.34. The summed E-state index contributed by atoms with van der Waals surface area (Å²) in [5.41, 5.74) is 0.987. The molecule has 0 saturated heterocycles. The number of aromatic nitrogens is 4. The van der Waals surface area contributed by atoms with Crippen molar-refractivity contribution < 1.29 is 26.0 Å². The maximum absolute atomic E-state index is 14.5. The molecule has 4 rings (SSSR count). The number of fused-ring (bicyclic) bond motifs is 1. The Balaban J connectivity index is 1.84. The van der Waals surface area contributed by atoms with Crippen LogP contribution < -0.4 is 9.46 Å². The van der Waals surface area contributed by atoms with Crippen molar-refractivity contribution in [2.45, 2.75) is 35.3 Å². The number of imidazole rings is 1. The smallest absolute Gasteiger partial charge is 0.265 e. The number of hydrogen-bond acceptors (Lipinski definition) is 7. The molecule has 0 unspecified atom stereocenters. The van der Waals surface area contributed by atoms with E-state index in [0.29, 0.717) is 11.3 Å². The second-order valence-corrected chi connectivity index (χ2v) is 13.2. The average molecular weight is 522 g/mol. The number of anilines is 1. The number of nitrogens with zero attached hydrogens (tertiary/aromatic N) is 4. The van der Waals surface area contributed by atoms with Crippen molar-refractivity contribution in [3.8, 4) is 17.0 Å². The minimum Gasteiger partial charge on any atom is -0.495 e. The predicted molar refractivity (Wildman–Crippen MR) is 128 cm³/mol. The molecule has 0 saturated carbocycles. The Kier molecular flexibility index (Phi) is 5.88. The van der Waals surface area contributed by atoms with Gasteiger partial charge in [0.25, 0.3) is 10.0 Å². The third-order valence-corrected chi connectivity index (χ3v) is 9.16. The van der Waals surface area contributed by atoms with E-state index in [0.717, 1.165) is 6.07 Å². The fourth-order valence-electron chi connectivity index (χ4n) is 3.44. The van der Waals surface area contributed by atoms with Crippen molar-refractivity contribution in [3.05, 3.63) is 54.9 Å². The van der Waals surface area contributed by atoms with Crippen LogP contribution >= 0.6 is 0 Å². The van der Waals surface area contributed by atoms with Crippen LogP contribution in [0.2, 0.25) is 0 Å². The summed E-state index contributed by atoms with van der Waals surface area (Å²) in [7, 11) is -4.87. The van der Waals surface area contributed by atoms with Gasteiger partial charge < -0.3 is 4.74 Å². The molecule has 0 atom stereocenters. The van der Waals surface area contributed by atoms with E-state index in [1.165, 1.54) is 59.2 Å². The second-order valence-electron chi connectivity index (χ2n) is 8.88. The molecule has 10 nitrogen and oxygen atoms in total. The first kappa shape index (κ1) is 24.7. The van der Waals surface area contributed by atoms with Crippen LogP contribution in [0.4, 0.5) is 10.1 Å². The number of rotatable bonds is 6. The minimum atomic E-state index is -4.01. The Bertz CT molecular complexity index is 1650. The zero-order chi connectivity index (χ0) is 25.8. The highest BCUT2D eigenvalue weighted by Gasteiger charge is 2.34. The van der Waals surface area contributed by atoms with E-state index >= 15 is 0 Å². The number of sulfonamides is 1. The van der Waals surface area contributed by atoms with Gasteiger partial charge >= 0.3 is 0 Å². The van der Waals surface area contributed by atoms with Gasteiger partial charge in [0, 0.05) is 31.1 Å². The van der Waals surface area contributed by atoms with Gasteiger partial charge in [-0.25, -0.2) is 26.2 Å². The van der Waals surface area contributed by atoms with Gasteiger partial charge in [0.15, 0.2) is 9.84 Å². The van der Waals surface area contributed by atoms with E-state index in [2.05, 4.69) is 14.8 Å². The van der Waals surface area contributed by atoms with Crippen molar-refractivity contribution in [2.24, 2.45) is 7.05 Å². The SMILES string of the molecule is COc1cc2ncc(-c3cc(F)cc(NS(=O)(=O)c4cnn(C)c4)c3)n2cc1S(=O)(=O)C(C)(C)C. The van der Waals surface area contributed by atoms with Crippen LogP contribution in [0.3, 0.4) is 0 Å². The molecule has 35 heavy (non-hydrogen) atoms. The highest BCUT2D eigenvalue weighted by molar-refractivity contribution is 7.93. The number of hydrogen-bond donors (Lipinski definition) is 1. The highest BCUT2D eigenvalue weighted by Crippen LogP contribution is 2.35. The molecule has 0 fully saturated rings. The number of ether oxygens (including phenoxy) is 1. The number of benzene rings is 1. The van der Waals surface area contributed by atoms with Crippen LogP contribution in [0.1, 0.15) is 20.8 Å². The molecule has 0 aliphatic carbocycles. The zero-order valence-electron chi connectivity index (χ0n) is 19.6. The third kappa shape index (κ3) is 4.48. The number of nitrogens with one attached hydrogen (secondary N) is 1. The Hall–Kier alpha value is -3.45. The van der Waals surface area contributed by atoms with Crippen molar-refractivity contribution in [3.63, 3.8) is 0 Å². The number of halogens is 1. The van der Waals surface area contributed by atoms with Gasteiger partial charge in [0.2, 0.25) is 0 Å². The molecular formula is C22H24FN5O5S2. The number of pyridine rings is 1. The lowest BCUT2D eigenvalue weighted by Gasteiger charge is -2.21. The van der Waals surface area contributed by atoms with Crippen LogP contribution in [-0.2, 0) is 26.9 Å². The first-order valence-electron chi connectivity index (χ1n) is 10.3. The third-order valence-electron chi connectivity index (χ3n) is 5.33. The quantitative estimate of drug-likeness (QED) is 0.413. The fourth-order valence-corrected chi connectivity index (χ4v) is 5.77. The number of aryl methyl sites for hydroxylation is 1. The maximum atomic E-state index is 14.5. The van der Waals surface area contributed by atoms with E-state index in [-0.39, 0.29) is 26.8 Å². The lowest BCUT2D eigenvalue weighted by atomic mass is 10.1. The number of methoxy groups -OCH3 is 1. The van der Waals surface area contributed by atoms with E-state index in [1.54, 1.807) is 27.8 Å². The molecule has 1 aromatic carbocycles. The normalized spacial score (nSPS) is 12.7. The minimum absolute atomic E-state index is 0.0187. The summed E-state index contributed by atoms with van der Waals surface area (Å²) in [5.74, 6) is -0.564. The van der Waals surface area contributed by atoms with E-state index in [9.17, 15) is 21.2 Å². The van der Waals surface area contributed by atoms with E-state index < -0.39 is 30.4 Å². The van der Waals surface area contributed by atoms with Gasteiger partial charge in [-0.3, -0.25) is 13.8 Å². The van der Waals surface area contributed by atoms with Gasteiger partial charge in [0.1, 0.15) is 27.0 Å². The molecule has 0 amide bonds. The van der Waals surface area contributed by atoms with Gasteiger partial charge in [-0.1, -0.05) is 0 Å². The van der Waals surface area contributed by atoms with Crippen LogP contribution in [-0.4, -0.2) is 47.9 Å². The Morgan fingerprint density at radius 3 is 2.34 bits per heavy atom. The van der Waals surface area contributed by atoms with Crippen molar-refractivity contribution in [1.29, 1.82) is 0 Å². The predicted octanol–water partition coefficient (Wildman–Crippen LogP) is 3.26. The van der Waals surface area contributed by atoms with Crippen molar-refractivity contribution in [1.82, 2.24) is 19.2 Å². The van der Waals surface area contributed by atoms with Gasteiger partial charge in [-0.15, -0.1) is 0 Å². The molecule has 0 aliphatic rings. The molecule has 3 aromatic heterocycles. The van der Waals surface area contributed by atoms with Gasteiger partial charge in [0.05, 0.1) is 35.6 Å². The lowest BCUT2D eigenvalue weighted by Crippen LogP contribution is -2.28. The molecule has 4 aromatic rings. The van der Waals surface area contributed by atoms with Crippen LogP contribution in [0.5, 0.6) is 5.75 Å². The average Bonchev–Trinajstić information content (AvgIpc) is 3.37. The number of sulfone groups is 1. The standard InChI is InChI=1S/C22H24FN5O5S2/c1-22(2,3)34(29,30)20-13-28-18(11-24-21(28)9-19(20)33-5)14-6-15(23)8-16(7-14)26-35(31,32)17-10-25-27(4)12-17/h6-13,26H,1-5H3. The van der Waals surface area contributed by atoms with Gasteiger partial charge in [-0.2, -0.15) is 5.10 Å². The fraction of sp³-hybridized carbons (Fsp3) is 0.273. The molecule has 0 spiro atoms. The first-order valence-corrected chi connectivity index (χ1v) is 13.3. The van der Waals surface area contributed by atoms with Crippen LogP contribution in [0.15, 0.2) is 58.8 Å². The summed E-state index contributed by atoms with van der Waals surface area (Å²) >= 11 is 0. The Labute approximate surface area is 202 Å². The monoisotopic (exact) mass is 521 g/mol. The zero-order valence-corrected chi connectivity index (χ0v) is 21.3.